The van der Waals surface area contributed by atoms with Crippen molar-refractivity contribution in [2.24, 2.45) is 0 Å². The lowest BCUT2D eigenvalue weighted by Gasteiger charge is -2.33. The molecule has 36 heavy (non-hydrogen) atoms. The summed E-state index contributed by atoms with van der Waals surface area (Å²) in [6.07, 6.45) is 6.27. The monoisotopic (exact) mass is 533 g/mol. The molecule has 0 aliphatic heterocycles. The maximum absolute atomic E-state index is 13.7. The van der Waals surface area contributed by atoms with E-state index in [1.54, 1.807) is 43.3 Å². The van der Waals surface area contributed by atoms with Crippen molar-refractivity contribution in [2.75, 3.05) is 17.1 Å². The molecule has 0 bridgehead atoms. The predicted molar refractivity (Wildman–Crippen MR) is 145 cm³/mol. The van der Waals surface area contributed by atoms with Gasteiger partial charge in [-0.05, 0) is 68.5 Å². The van der Waals surface area contributed by atoms with Crippen LogP contribution in [0.4, 0.5) is 5.69 Å². The number of sulfonamides is 1. The van der Waals surface area contributed by atoms with E-state index in [0.717, 1.165) is 52.9 Å². The molecule has 0 heterocycles. The van der Waals surface area contributed by atoms with Crippen molar-refractivity contribution in [1.29, 1.82) is 0 Å². The Kier molecular flexibility index (Phi) is 9.41. The quantitative estimate of drug-likeness (QED) is 0.511. The van der Waals surface area contributed by atoms with E-state index in [1.165, 1.54) is 11.3 Å². The normalized spacial score (nSPS) is 15.2. The van der Waals surface area contributed by atoms with E-state index in [2.05, 4.69) is 5.32 Å². The molecule has 0 aromatic heterocycles. The van der Waals surface area contributed by atoms with E-state index >= 15 is 0 Å². The van der Waals surface area contributed by atoms with Crippen LogP contribution in [0.15, 0.2) is 42.5 Å². The van der Waals surface area contributed by atoms with E-state index in [9.17, 15) is 18.0 Å². The van der Waals surface area contributed by atoms with Gasteiger partial charge in [0.15, 0.2) is 0 Å². The SMILES string of the molecule is Cc1cccc(N(CC(=O)N(Cc2ccc(Cl)cc2)[C@H](C)C(=O)NC2CCCCC2)S(C)(=O)=O)c1C. The lowest BCUT2D eigenvalue weighted by atomic mass is 9.95. The summed E-state index contributed by atoms with van der Waals surface area (Å²) in [7, 11) is -3.77. The highest BCUT2D eigenvalue weighted by Crippen LogP contribution is 2.26. The number of benzene rings is 2. The van der Waals surface area contributed by atoms with Crippen LogP contribution in [0, 0.1) is 13.8 Å². The number of aryl methyl sites for hydroxylation is 1. The minimum absolute atomic E-state index is 0.101. The lowest BCUT2D eigenvalue weighted by Crippen LogP contribution is -2.53. The molecule has 2 aromatic carbocycles. The molecular weight excluding hydrogens is 498 g/mol. The fraction of sp³-hybridized carbons (Fsp3) is 0.481. The third-order valence-corrected chi connectivity index (χ3v) is 8.29. The molecule has 3 rings (SSSR count). The molecule has 2 amide bonds. The largest absolute Gasteiger partial charge is 0.352 e. The first-order chi connectivity index (χ1) is 17.0. The van der Waals surface area contributed by atoms with Crippen molar-refractivity contribution in [3.05, 3.63) is 64.2 Å². The number of halogens is 1. The Morgan fingerprint density at radius 2 is 1.69 bits per heavy atom. The van der Waals surface area contributed by atoms with Gasteiger partial charge in [0.1, 0.15) is 12.6 Å². The van der Waals surface area contributed by atoms with Crippen LogP contribution in [0.25, 0.3) is 0 Å². The van der Waals surface area contributed by atoms with Gasteiger partial charge in [0.25, 0.3) is 0 Å². The standard InChI is InChI=1S/C27H36ClN3O4S/c1-19-9-8-12-25(20(19)2)31(36(4,34)35)18-26(32)30(17-22-13-15-23(28)16-14-22)21(3)27(33)29-24-10-6-5-7-11-24/h8-9,12-16,21,24H,5-7,10-11,17-18H2,1-4H3,(H,29,33)/t21-/m1/s1. The van der Waals surface area contributed by atoms with Gasteiger partial charge in [-0.2, -0.15) is 0 Å². The Morgan fingerprint density at radius 1 is 1.06 bits per heavy atom. The zero-order valence-corrected chi connectivity index (χ0v) is 23.0. The van der Waals surface area contributed by atoms with Crippen LogP contribution >= 0.6 is 11.6 Å². The van der Waals surface area contributed by atoms with Gasteiger partial charge in [-0.3, -0.25) is 13.9 Å². The van der Waals surface area contributed by atoms with Gasteiger partial charge in [0, 0.05) is 17.6 Å². The van der Waals surface area contributed by atoms with Crippen molar-refractivity contribution in [2.45, 2.75) is 71.5 Å². The highest BCUT2D eigenvalue weighted by Gasteiger charge is 2.31. The highest BCUT2D eigenvalue weighted by molar-refractivity contribution is 7.92. The molecule has 1 atom stereocenters. The molecule has 2 aromatic rings. The van der Waals surface area contributed by atoms with Crippen molar-refractivity contribution >= 4 is 39.1 Å². The number of nitrogens with zero attached hydrogens (tertiary/aromatic N) is 2. The second-order valence-electron chi connectivity index (χ2n) is 9.66. The van der Waals surface area contributed by atoms with Gasteiger partial charge < -0.3 is 10.2 Å². The third kappa shape index (κ3) is 7.23. The number of anilines is 1. The van der Waals surface area contributed by atoms with Gasteiger partial charge in [-0.25, -0.2) is 8.42 Å². The third-order valence-electron chi connectivity index (χ3n) is 6.91. The van der Waals surface area contributed by atoms with E-state index < -0.39 is 28.5 Å². The number of hydrogen-bond donors (Lipinski definition) is 1. The van der Waals surface area contributed by atoms with Gasteiger partial charge in [0.2, 0.25) is 21.8 Å². The Labute approximate surface area is 219 Å². The summed E-state index contributed by atoms with van der Waals surface area (Å²) in [5.74, 6) is -0.690. The minimum Gasteiger partial charge on any atom is -0.352 e. The fourth-order valence-corrected chi connectivity index (χ4v) is 5.56. The lowest BCUT2D eigenvalue weighted by molar-refractivity contribution is -0.139. The van der Waals surface area contributed by atoms with Crippen LogP contribution in [0.3, 0.4) is 0 Å². The number of amides is 2. The second kappa shape index (κ2) is 12.1. The summed E-state index contributed by atoms with van der Waals surface area (Å²) >= 11 is 6.03. The van der Waals surface area contributed by atoms with E-state index in [-0.39, 0.29) is 18.5 Å². The number of carbonyl (C=O) groups excluding carboxylic acids is 2. The smallest absolute Gasteiger partial charge is 0.244 e. The molecule has 1 saturated carbocycles. The summed E-state index contributed by atoms with van der Waals surface area (Å²) in [6.45, 7) is 5.16. The van der Waals surface area contributed by atoms with E-state index in [0.29, 0.717) is 10.7 Å². The summed E-state index contributed by atoms with van der Waals surface area (Å²) in [5, 5.41) is 3.66. The Morgan fingerprint density at radius 3 is 2.31 bits per heavy atom. The average Bonchev–Trinajstić information content (AvgIpc) is 2.83. The number of hydrogen-bond acceptors (Lipinski definition) is 4. The van der Waals surface area contributed by atoms with E-state index in [4.69, 9.17) is 11.6 Å². The summed E-state index contributed by atoms with van der Waals surface area (Å²) < 4.78 is 26.7. The molecule has 1 aliphatic carbocycles. The van der Waals surface area contributed by atoms with Crippen LogP contribution < -0.4 is 9.62 Å². The average molecular weight is 534 g/mol. The summed E-state index contributed by atoms with van der Waals surface area (Å²) in [4.78, 5) is 28.3. The van der Waals surface area contributed by atoms with E-state index in [1.807, 2.05) is 19.9 Å². The molecule has 1 fully saturated rings. The Hall–Kier alpha value is -2.58. The maximum Gasteiger partial charge on any atom is 0.244 e. The molecule has 0 spiro atoms. The molecule has 9 heteroatoms. The van der Waals surface area contributed by atoms with Gasteiger partial charge in [-0.1, -0.05) is 55.1 Å². The first-order valence-corrected chi connectivity index (χ1v) is 14.6. The van der Waals surface area contributed by atoms with Crippen LogP contribution in [-0.2, 0) is 26.2 Å². The van der Waals surface area contributed by atoms with Gasteiger partial charge in [-0.15, -0.1) is 0 Å². The van der Waals surface area contributed by atoms with Crippen molar-refractivity contribution < 1.29 is 18.0 Å². The van der Waals surface area contributed by atoms with Gasteiger partial charge in [0.05, 0.1) is 11.9 Å². The topological polar surface area (TPSA) is 86.8 Å². The fourth-order valence-electron chi connectivity index (χ4n) is 4.54. The second-order valence-corrected chi connectivity index (χ2v) is 12.0. The Balaban J connectivity index is 1.89. The molecule has 1 N–H and O–H groups in total. The van der Waals surface area contributed by atoms with Crippen molar-refractivity contribution in [3.63, 3.8) is 0 Å². The Bertz CT molecular complexity index is 1180. The zero-order valence-electron chi connectivity index (χ0n) is 21.5. The molecule has 0 unspecified atom stereocenters. The molecule has 0 radical (unpaired) electrons. The number of nitrogens with one attached hydrogen (secondary N) is 1. The summed E-state index contributed by atoms with van der Waals surface area (Å²) in [6, 6.07) is 11.7. The van der Waals surface area contributed by atoms with Gasteiger partial charge >= 0.3 is 0 Å². The number of rotatable bonds is 9. The molecule has 1 aliphatic rings. The maximum atomic E-state index is 13.7. The summed E-state index contributed by atoms with van der Waals surface area (Å²) in [5.41, 5.74) is 2.95. The number of carbonyl (C=O) groups is 2. The highest BCUT2D eigenvalue weighted by atomic mass is 35.5. The van der Waals surface area contributed by atoms with Crippen LogP contribution in [0.1, 0.15) is 55.7 Å². The molecular formula is C27H36ClN3O4S. The first-order valence-electron chi connectivity index (χ1n) is 12.4. The van der Waals surface area contributed by atoms with Crippen LogP contribution in [-0.4, -0.2) is 50.0 Å². The minimum atomic E-state index is -3.77. The molecule has 0 saturated heterocycles. The van der Waals surface area contributed by atoms with Crippen LogP contribution in [0.5, 0.6) is 0 Å². The van der Waals surface area contributed by atoms with Crippen molar-refractivity contribution in [3.8, 4) is 0 Å². The first kappa shape index (κ1) is 28.0. The van der Waals surface area contributed by atoms with Crippen molar-refractivity contribution in [1.82, 2.24) is 10.2 Å². The predicted octanol–water partition coefficient (Wildman–Crippen LogP) is 4.59. The molecule has 7 nitrogen and oxygen atoms in total. The molecule has 196 valence electrons. The van der Waals surface area contributed by atoms with Crippen LogP contribution in [0.2, 0.25) is 5.02 Å². The zero-order chi connectivity index (χ0) is 26.5.